The lowest BCUT2D eigenvalue weighted by atomic mass is 10.1. The maximum absolute atomic E-state index is 12.3. The number of anilines is 1. The minimum atomic E-state index is -0.933. The van der Waals surface area contributed by atoms with Gasteiger partial charge >= 0.3 is 12.0 Å². The average Bonchev–Trinajstić information content (AvgIpc) is 3.00. The Balaban J connectivity index is 1.95. The highest BCUT2D eigenvalue weighted by Gasteiger charge is 2.16. The average molecular weight is 437 g/mol. The van der Waals surface area contributed by atoms with Crippen molar-refractivity contribution in [1.29, 1.82) is 5.26 Å². The highest BCUT2D eigenvalue weighted by atomic mass is 16.5. The van der Waals surface area contributed by atoms with E-state index in [-0.39, 0.29) is 5.57 Å². The first kappa shape index (κ1) is 24.4. The molecule has 8 heteroatoms. The number of hydrogen-bond acceptors (Lipinski definition) is 5. The molecule has 2 N–H and O–H groups in total. The smallest absolute Gasteiger partial charge is 0.349 e. The van der Waals surface area contributed by atoms with E-state index in [9.17, 15) is 19.6 Å². The van der Waals surface area contributed by atoms with Gasteiger partial charge in [0.1, 0.15) is 11.6 Å². The number of carbonyl (C=O) groups is 3. The van der Waals surface area contributed by atoms with Gasteiger partial charge in [0.15, 0.2) is 6.61 Å². The van der Waals surface area contributed by atoms with Crippen molar-refractivity contribution in [2.75, 3.05) is 11.9 Å². The number of aryl methyl sites for hydroxylation is 3. The molecule has 8 nitrogen and oxygen atoms in total. The zero-order valence-corrected chi connectivity index (χ0v) is 19.0. The van der Waals surface area contributed by atoms with Crippen LogP contribution < -0.4 is 10.6 Å². The van der Waals surface area contributed by atoms with E-state index in [1.54, 1.807) is 12.1 Å². The molecule has 0 saturated heterocycles. The topological polar surface area (TPSA) is 113 Å². The first-order chi connectivity index (χ1) is 15.2. The maximum atomic E-state index is 12.3. The molecule has 0 fully saturated rings. The van der Waals surface area contributed by atoms with Crippen LogP contribution in [0.2, 0.25) is 0 Å². The quantitative estimate of drug-likeness (QED) is 0.388. The fourth-order valence-corrected chi connectivity index (χ4v) is 3.19. The molecule has 0 aliphatic heterocycles. The van der Waals surface area contributed by atoms with Gasteiger partial charge < -0.3 is 14.6 Å². The predicted molar refractivity (Wildman–Crippen MR) is 122 cm³/mol. The van der Waals surface area contributed by atoms with E-state index >= 15 is 0 Å². The standard InChI is InChI=1S/C24H28N4O4/c1-6-9-28-17(4)11-19(18(28)5)12-20(13-25)23(30)32-14-22(29)27-24(31)26-21-8-7-15(2)16(3)10-21/h7-8,10-12H,6,9,14H2,1-5H3,(H2,26,27,29,31)/b20-12+. The monoisotopic (exact) mass is 436 g/mol. The number of hydrogen-bond donors (Lipinski definition) is 2. The Hall–Kier alpha value is -3.86. The summed E-state index contributed by atoms with van der Waals surface area (Å²) in [6.45, 7) is 9.94. The summed E-state index contributed by atoms with van der Waals surface area (Å²) in [5.41, 5.74) is 5.07. The van der Waals surface area contributed by atoms with E-state index in [1.165, 1.54) is 6.08 Å². The number of urea groups is 1. The van der Waals surface area contributed by atoms with Gasteiger partial charge in [-0.25, -0.2) is 9.59 Å². The fourth-order valence-electron chi connectivity index (χ4n) is 3.19. The molecule has 32 heavy (non-hydrogen) atoms. The van der Waals surface area contributed by atoms with Crippen molar-refractivity contribution in [1.82, 2.24) is 9.88 Å². The Kier molecular flexibility index (Phi) is 8.36. The number of nitrogens with zero attached hydrogens (tertiary/aromatic N) is 2. The van der Waals surface area contributed by atoms with Gasteiger partial charge in [-0.05, 0) is 75.1 Å². The fraction of sp³-hybridized carbons (Fsp3) is 0.333. The van der Waals surface area contributed by atoms with Crippen LogP contribution in [0.1, 0.15) is 41.4 Å². The first-order valence-corrected chi connectivity index (χ1v) is 10.3. The van der Waals surface area contributed by atoms with Gasteiger partial charge in [-0.3, -0.25) is 10.1 Å². The molecule has 2 aromatic rings. The van der Waals surface area contributed by atoms with Crippen LogP contribution in [0.5, 0.6) is 0 Å². The third-order valence-corrected chi connectivity index (χ3v) is 5.05. The molecule has 0 atom stereocenters. The zero-order chi connectivity index (χ0) is 23.8. The van der Waals surface area contributed by atoms with Gasteiger partial charge in [-0.15, -0.1) is 0 Å². The van der Waals surface area contributed by atoms with Gasteiger partial charge in [0.25, 0.3) is 5.91 Å². The third kappa shape index (κ3) is 6.32. The SMILES string of the molecule is CCCn1c(C)cc(/C=C(\C#N)C(=O)OCC(=O)NC(=O)Nc2ccc(C)c(C)c2)c1C. The Labute approximate surface area is 187 Å². The van der Waals surface area contributed by atoms with E-state index in [1.807, 2.05) is 45.9 Å². The Morgan fingerprint density at radius 1 is 1.12 bits per heavy atom. The minimum absolute atomic E-state index is 0.228. The van der Waals surface area contributed by atoms with Gasteiger partial charge in [0.2, 0.25) is 0 Å². The number of aromatic nitrogens is 1. The Morgan fingerprint density at radius 2 is 1.84 bits per heavy atom. The molecule has 0 unspecified atom stereocenters. The van der Waals surface area contributed by atoms with E-state index in [2.05, 4.69) is 22.1 Å². The summed E-state index contributed by atoms with van der Waals surface area (Å²) in [7, 11) is 0. The van der Waals surface area contributed by atoms with Crippen molar-refractivity contribution in [2.45, 2.75) is 47.6 Å². The van der Waals surface area contributed by atoms with Crippen molar-refractivity contribution in [3.63, 3.8) is 0 Å². The van der Waals surface area contributed by atoms with Gasteiger partial charge in [-0.1, -0.05) is 13.0 Å². The highest BCUT2D eigenvalue weighted by molar-refractivity contribution is 6.03. The number of nitrogens with one attached hydrogen (secondary N) is 2. The summed E-state index contributed by atoms with van der Waals surface area (Å²) in [5, 5.41) is 14.0. The molecular formula is C24H28N4O4. The summed E-state index contributed by atoms with van der Waals surface area (Å²) in [6, 6.07) is 8.30. The Bertz CT molecular complexity index is 1110. The summed E-state index contributed by atoms with van der Waals surface area (Å²) < 4.78 is 7.02. The predicted octanol–water partition coefficient (Wildman–Crippen LogP) is 3.93. The van der Waals surface area contributed by atoms with Crippen LogP contribution >= 0.6 is 0 Å². The van der Waals surface area contributed by atoms with Crippen molar-refractivity contribution < 1.29 is 19.1 Å². The van der Waals surface area contributed by atoms with E-state index in [4.69, 9.17) is 4.74 Å². The number of carbonyl (C=O) groups excluding carboxylic acids is 3. The largest absolute Gasteiger partial charge is 0.451 e. The molecule has 0 aliphatic rings. The second kappa shape index (κ2) is 11.0. The minimum Gasteiger partial charge on any atom is -0.451 e. The number of nitriles is 1. The van der Waals surface area contributed by atoms with Crippen molar-refractivity contribution in [3.05, 3.63) is 57.9 Å². The number of ether oxygens (including phenoxy) is 1. The molecule has 3 amide bonds. The summed E-state index contributed by atoms with van der Waals surface area (Å²) in [5.74, 6) is -1.74. The summed E-state index contributed by atoms with van der Waals surface area (Å²) in [4.78, 5) is 36.2. The van der Waals surface area contributed by atoms with E-state index in [0.717, 1.165) is 41.0 Å². The number of amides is 3. The number of benzene rings is 1. The molecule has 168 valence electrons. The van der Waals surface area contributed by atoms with Gasteiger partial charge in [-0.2, -0.15) is 5.26 Å². The van der Waals surface area contributed by atoms with Gasteiger partial charge in [0.05, 0.1) is 0 Å². The molecule has 2 rings (SSSR count). The molecule has 0 spiro atoms. The number of imide groups is 1. The highest BCUT2D eigenvalue weighted by Crippen LogP contribution is 2.19. The van der Waals surface area contributed by atoms with Crippen LogP contribution in [-0.4, -0.2) is 29.1 Å². The molecule has 1 aromatic carbocycles. The lowest BCUT2D eigenvalue weighted by Crippen LogP contribution is -2.37. The van der Waals surface area contributed by atoms with Crippen LogP contribution in [-0.2, 0) is 20.9 Å². The van der Waals surface area contributed by atoms with Crippen molar-refractivity contribution in [2.24, 2.45) is 0 Å². The Morgan fingerprint density at radius 3 is 2.47 bits per heavy atom. The second-order valence-corrected chi connectivity index (χ2v) is 7.53. The third-order valence-electron chi connectivity index (χ3n) is 5.05. The lowest BCUT2D eigenvalue weighted by molar-refractivity contribution is -0.144. The molecule has 0 radical (unpaired) electrons. The van der Waals surface area contributed by atoms with Crippen LogP contribution in [0, 0.1) is 39.0 Å². The summed E-state index contributed by atoms with van der Waals surface area (Å²) in [6.07, 6.45) is 2.40. The van der Waals surface area contributed by atoms with E-state index in [0.29, 0.717) is 5.69 Å². The van der Waals surface area contributed by atoms with Crippen molar-refractivity contribution >= 4 is 29.7 Å². The summed E-state index contributed by atoms with van der Waals surface area (Å²) >= 11 is 0. The number of rotatable bonds is 7. The van der Waals surface area contributed by atoms with E-state index < -0.39 is 24.5 Å². The number of esters is 1. The molecule has 0 aliphatic carbocycles. The van der Waals surface area contributed by atoms with Crippen molar-refractivity contribution in [3.8, 4) is 6.07 Å². The second-order valence-electron chi connectivity index (χ2n) is 7.53. The normalized spacial score (nSPS) is 10.9. The molecule has 0 bridgehead atoms. The lowest BCUT2D eigenvalue weighted by Gasteiger charge is -2.09. The molecule has 1 heterocycles. The maximum Gasteiger partial charge on any atom is 0.349 e. The first-order valence-electron chi connectivity index (χ1n) is 10.3. The molecule has 0 saturated carbocycles. The van der Waals surface area contributed by atoms with Gasteiger partial charge in [0, 0.05) is 23.6 Å². The van der Waals surface area contributed by atoms with Crippen LogP contribution in [0.4, 0.5) is 10.5 Å². The van der Waals surface area contributed by atoms with Crippen LogP contribution in [0.15, 0.2) is 29.8 Å². The zero-order valence-electron chi connectivity index (χ0n) is 19.0. The molecular weight excluding hydrogens is 408 g/mol. The molecule has 1 aromatic heterocycles. The van der Waals surface area contributed by atoms with Crippen LogP contribution in [0.3, 0.4) is 0 Å². The van der Waals surface area contributed by atoms with Crippen LogP contribution in [0.25, 0.3) is 6.08 Å².